The smallest absolute Gasteiger partial charge is 0.258 e. The zero-order chi connectivity index (χ0) is 24.1. The Morgan fingerprint density at radius 1 is 1.14 bits per heavy atom. The van der Waals surface area contributed by atoms with Crippen LogP contribution >= 0.6 is 0 Å². The third-order valence-corrected chi connectivity index (χ3v) is 8.73. The SMILES string of the molecule is CCCN1[C@@H]2c3ccc(C4=CCCC4)c(=O)n3C[C@@H]2[C@@H](CO)[C@@H]1C(=O)NC1Cc2ccccc2C1. The third kappa shape index (κ3) is 3.69. The van der Waals surface area contributed by atoms with Gasteiger partial charge in [0.2, 0.25) is 5.91 Å². The lowest BCUT2D eigenvalue weighted by atomic mass is 9.88. The van der Waals surface area contributed by atoms with Crippen LogP contribution in [0, 0.1) is 11.8 Å². The minimum atomic E-state index is -0.375. The van der Waals surface area contributed by atoms with Crippen LogP contribution in [0.15, 0.2) is 47.3 Å². The highest BCUT2D eigenvalue weighted by atomic mass is 16.3. The van der Waals surface area contributed by atoms with Gasteiger partial charge in [-0.2, -0.15) is 0 Å². The zero-order valence-corrected chi connectivity index (χ0v) is 20.5. The maximum absolute atomic E-state index is 13.7. The predicted molar refractivity (Wildman–Crippen MR) is 136 cm³/mol. The van der Waals surface area contributed by atoms with Crippen LogP contribution in [-0.4, -0.2) is 45.7 Å². The second-order valence-electron chi connectivity index (χ2n) is 10.7. The highest BCUT2D eigenvalue weighted by Gasteiger charge is 2.55. The molecule has 0 unspecified atom stereocenters. The summed E-state index contributed by atoms with van der Waals surface area (Å²) in [4.78, 5) is 29.4. The number of likely N-dealkylation sites (tertiary alicyclic amines) is 1. The highest BCUT2D eigenvalue weighted by molar-refractivity contribution is 5.83. The minimum absolute atomic E-state index is 0.0112. The van der Waals surface area contributed by atoms with Crippen molar-refractivity contribution in [1.82, 2.24) is 14.8 Å². The van der Waals surface area contributed by atoms with Crippen LogP contribution < -0.4 is 10.9 Å². The average molecular weight is 474 g/mol. The molecule has 2 aliphatic carbocycles. The summed E-state index contributed by atoms with van der Waals surface area (Å²) in [7, 11) is 0. The van der Waals surface area contributed by atoms with Gasteiger partial charge in [-0.3, -0.25) is 14.5 Å². The summed E-state index contributed by atoms with van der Waals surface area (Å²) in [6, 6.07) is 12.2. The molecule has 1 aromatic heterocycles. The van der Waals surface area contributed by atoms with E-state index in [1.165, 1.54) is 16.7 Å². The molecule has 6 nitrogen and oxygen atoms in total. The molecule has 0 saturated carbocycles. The second-order valence-corrected chi connectivity index (χ2v) is 10.7. The fourth-order valence-corrected chi connectivity index (χ4v) is 7.23. The van der Waals surface area contributed by atoms with E-state index in [4.69, 9.17) is 0 Å². The Kier molecular flexibility index (Phi) is 5.89. The van der Waals surface area contributed by atoms with E-state index >= 15 is 0 Å². The quantitative estimate of drug-likeness (QED) is 0.676. The van der Waals surface area contributed by atoms with Gasteiger partial charge in [0.25, 0.3) is 5.56 Å². The van der Waals surface area contributed by atoms with E-state index in [0.717, 1.165) is 56.3 Å². The van der Waals surface area contributed by atoms with E-state index in [0.29, 0.717) is 6.54 Å². The highest BCUT2D eigenvalue weighted by Crippen LogP contribution is 2.49. The number of carbonyl (C=O) groups excluding carboxylic acids is 1. The van der Waals surface area contributed by atoms with Gasteiger partial charge in [0.05, 0.1) is 12.1 Å². The van der Waals surface area contributed by atoms with E-state index in [1.807, 2.05) is 10.6 Å². The number of hydrogen-bond acceptors (Lipinski definition) is 4. The normalized spacial score (nSPS) is 27.5. The summed E-state index contributed by atoms with van der Waals surface area (Å²) in [5.74, 6) is -0.112. The molecule has 1 amide bonds. The monoisotopic (exact) mass is 473 g/mol. The van der Waals surface area contributed by atoms with Crippen molar-refractivity contribution in [1.29, 1.82) is 0 Å². The lowest BCUT2D eigenvalue weighted by molar-refractivity contribution is -0.128. The molecule has 184 valence electrons. The Bertz CT molecular complexity index is 1210. The number of pyridine rings is 1. The molecule has 1 fully saturated rings. The molecule has 0 bridgehead atoms. The number of aliphatic hydroxyl groups excluding tert-OH is 1. The lowest BCUT2D eigenvalue weighted by Crippen LogP contribution is -2.51. The van der Waals surface area contributed by atoms with Gasteiger partial charge in [-0.05, 0) is 73.9 Å². The Morgan fingerprint density at radius 3 is 2.57 bits per heavy atom. The van der Waals surface area contributed by atoms with E-state index in [2.05, 4.69) is 53.5 Å². The predicted octanol–water partition coefficient (Wildman–Crippen LogP) is 3.07. The zero-order valence-electron chi connectivity index (χ0n) is 20.5. The lowest BCUT2D eigenvalue weighted by Gasteiger charge is -2.31. The number of aliphatic hydroxyl groups is 1. The number of benzene rings is 1. The van der Waals surface area contributed by atoms with Crippen molar-refractivity contribution in [3.63, 3.8) is 0 Å². The molecule has 4 aliphatic rings. The molecule has 0 radical (unpaired) electrons. The van der Waals surface area contributed by atoms with Gasteiger partial charge in [-0.1, -0.05) is 37.3 Å². The van der Waals surface area contributed by atoms with Crippen LogP contribution in [-0.2, 0) is 24.2 Å². The third-order valence-electron chi connectivity index (χ3n) is 8.73. The molecule has 35 heavy (non-hydrogen) atoms. The van der Waals surface area contributed by atoms with Gasteiger partial charge in [-0.25, -0.2) is 0 Å². The van der Waals surface area contributed by atoms with Crippen molar-refractivity contribution in [3.8, 4) is 0 Å². The van der Waals surface area contributed by atoms with Gasteiger partial charge in [-0.15, -0.1) is 0 Å². The number of fused-ring (bicyclic) bond motifs is 4. The van der Waals surface area contributed by atoms with Crippen molar-refractivity contribution in [2.24, 2.45) is 11.8 Å². The van der Waals surface area contributed by atoms with Gasteiger partial charge in [0, 0.05) is 42.3 Å². The van der Waals surface area contributed by atoms with Crippen LogP contribution in [0.2, 0.25) is 0 Å². The number of nitrogens with zero attached hydrogens (tertiary/aromatic N) is 2. The summed E-state index contributed by atoms with van der Waals surface area (Å²) < 4.78 is 1.93. The van der Waals surface area contributed by atoms with Crippen molar-refractivity contribution in [2.75, 3.05) is 13.2 Å². The largest absolute Gasteiger partial charge is 0.396 e. The first-order valence-electron chi connectivity index (χ1n) is 13.3. The van der Waals surface area contributed by atoms with Gasteiger partial charge >= 0.3 is 0 Å². The molecule has 2 aliphatic heterocycles. The van der Waals surface area contributed by atoms with Crippen molar-refractivity contribution in [3.05, 3.63) is 75.2 Å². The minimum Gasteiger partial charge on any atom is -0.396 e. The molecule has 0 spiro atoms. The first-order valence-corrected chi connectivity index (χ1v) is 13.3. The molecule has 6 rings (SSSR count). The fraction of sp³-hybridized carbons (Fsp3) is 0.517. The standard InChI is InChI=1S/C29H35N3O3/c1-2-13-31-26-23(16-32-25(26)12-11-22(29(32)35)18-7-3-4-8-18)24(17-33)27(31)28(34)30-21-14-19-9-5-6-10-20(19)15-21/h5-7,9-12,21,23-24,26-27,33H,2-4,8,13-17H2,1H3,(H,30,34)/t23-,24-,26+,27-/m1/s1. The van der Waals surface area contributed by atoms with E-state index in [-0.39, 0.29) is 48.0 Å². The molecule has 3 heterocycles. The number of nitrogens with one attached hydrogen (secondary N) is 1. The summed E-state index contributed by atoms with van der Waals surface area (Å²) in [5.41, 5.74) is 5.70. The Hall–Kier alpha value is -2.70. The topological polar surface area (TPSA) is 74.6 Å². The molecule has 1 aromatic carbocycles. The molecular formula is C29H35N3O3. The maximum atomic E-state index is 13.7. The Balaban J connectivity index is 1.29. The fourth-order valence-electron chi connectivity index (χ4n) is 7.23. The number of carbonyl (C=O) groups is 1. The van der Waals surface area contributed by atoms with Crippen molar-refractivity contribution < 1.29 is 9.90 Å². The average Bonchev–Trinajstić information content (AvgIpc) is 3.63. The molecule has 2 N–H and O–H groups in total. The molecule has 6 heteroatoms. The number of aromatic nitrogens is 1. The van der Waals surface area contributed by atoms with Crippen LogP contribution in [0.25, 0.3) is 5.57 Å². The number of allylic oxidation sites excluding steroid dienone is 2. The summed E-state index contributed by atoms with van der Waals surface area (Å²) in [6.45, 7) is 3.42. The van der Waals surface area contributed by atoms with Crippen LogP contribution in [0.1, 0.15) is 61.0 Å². The molecular weight excluding hydrogens is 438 g/mol. The maximum Gasteiger partial charge on any atom is 0.258 e. The van der Waals surface area contributed by atoms with E-state index in [9.17, 15) is 14.7 Å². The van der Waals surface area contributed by atoms with E-state index in [1.54, 1.807) is 0 Å². The number of rotatable bonds is 6. The first-order chi connectivity index (χ1) is 17.1. The Morgan fingerprint density at radius 2 is 1.91 bits per heavy atom. The van der Waals surface area contributed by atoms with Gasteiger partial charge in [0.1, 0.15) is 0 Å². The summed E-state index contributed by atoms with van der Waals surface area (Å²) >= 11 is 0. The number of hydrogen-bond donors (Lipinski definition) is 2. The van der Waals surface area contributed by atoms with Crippen LogP contribution in [0.3, 0.4) is 0 Å². The van der Waals surface area contributed by atoms with Crippen molar-refractivity contribution in [2.45, 2.75) is 70.1 Å². The van der Waals surface area contributed by atoms with Gasteiger partial charge < -0.3 is 15.0 Å². The van der Waals surface area contributed by atoms with Gasteiger partial charge in [0.15, 0.2) is 0 Å². The molecule has 4 atom stereocenters. The Labute approximate surface area is 206 Å². The van der Waals surface area contributed by atoms with Crippen LogP contribution in [0.5, 0.6) is 0 Å². The summed E-state index contributed by atoms with van der Waals surface area (Å²) in [5, 5.41) is 13.8. The molecule has 2 aromatic rings. The summed E-state index contributed by atoms with van der Waals surface area (Å²) in [6.07, 6.45) is 7.95. The van der Waals surface area contributed by atoms with Crippen LogP contribution in [0.4, 0.5) is 0 Å². The second kappa shape index (κ2) is 9.07. The van der Waals surface area contributed by atoms with Crippen molar-refractivity contribution >= 4 is 11.5 Å². The number of amides is 1. The molecule has 1 saturated heterocycles. The first kappa shape index (κ1) is 22.7. The van der Waals surface area contributed by atoms with E-state index < -0.39 is 0 Å².